The summed E-state index contributed by atoms with van der Waals surface area (Å²) in [6, 6.07) is 0. The van der Waals surface area contributed by atoms with Crippen molar-refractivity contribution in [2.75, 3.05) is 0 Å². The maximum absolute atomic E-state index is 8.74. The summed E-state index contributed by atoms with van der Waals surface area (Å²) in [5.41, 5.74) is 0. The van der Waals surface area contributed by atoms with E-state index in [1.165, 1.54) is 0 Å². The monoisotopic (exact) mass is 380 g/mol. The Morgan fingerprint density at radius 3 is 0.600 bits per heavy atom. The van der Waals surface area contributed by atoms with Gasteiger partial charge >= 0.3 is 91.3 Å². The van der Waals surface area contributed by atoms with Crippen LogP contribution in [-0.4, -0.2) is 98.5 Å². The van der Waals surface area contributed by atoms with E-state index in [4.69, 9.17) is 49.1 Å². The summed E-state index contributed by atoms with van der Waals surface area (Å²) < 4.78 is 31.6. The molecule has 0 atom stereocenters. The van der Waals surface area contributed by atoms with Crippen molar-refractivity contribution in [3.05, 3.63) is 0 Å². The minimum atomic E-state index is -4.67. The van der Waals surface area contributed by atoms with Gasteiger partial charge in [-0.1, -0.05) is 0 Å². The summed E-state index contributed by atoms with van der Waals surface area (Å²) in [6.07, 6.45) is 0. The minimum absolute atomic E-state index is 0. The average Bonchev–Trinajstić information content (AvgIpc) is 2.41. The quantitative estimate of drug-likeness (QED) is 0.381. The molecule has 104 valence electrons. The van der Waals surface area contributed by atoms with Gasteiger partial charge in [-0.15, -0.1) is 0 Å². The molecule has 0 saturated carbocycles. The first-order valence-corrected chi connectivity index (χ1v) is 3.64. The van der Waals surface area contributed by atoms with Crippen molar-refractivity contribution >= 4 is 91.3 Å². The molecule has 20 heavy (non-hydrogen) atoms. The predicted octanol–water partition coefficient (Wildman–Crippen LogP) is -1.11. The number of rotatable bonds is 0. The van der Waals surface area contributed by atoms with Crippen molar-refractivity contribution in [1.29, 1.82) is 31.6 Å². The zero-order chi connectivity index (χ0) is 16.5. The molecule has 0 aromatic carbocycles. The van der Waals surface area contributed by atoms with Crippen LogP contribution in [0.5, 0.6) is 0 Å². The molecular formula is C6H10FeKN6NaO4S. The molecule has 10 nitrogen and oxygen atoms in total. The molecule has 0 heterocycles. The summed E-state index contributed by atoms with van der Waals surface area (Å²) in [7, 11) is -4.67. The van der Waals surface area contributed by atoms with Gasteiger partial charge in [-0.25, -0.2) is 31.6 Å². The van der Waals surface area contributed by atoms with E-state index in [0.717, 1.165) is 0 Å². The molecule has 2 N–H and O–H groups in total. The van der Waals surface area contributed by atoms with Gasteiger partial charge in [-0.3, -0.25) is 9.11 Å². The van der Waals surface area contributed by atoms with Crippen LogP contribution in [0.2, 0.25) is 0 Å². The standard InChI is InChI=1S/6CHN.Fe.K.Na.H2O4S.2H/c6*1-2;;;;1-5(2,3)4;;/h6*1H;;;;(H2,1,2,3,4);;. The Labute approximate surface area is 194 Å². The van der Waals surface area contributed by atoms with Crippen LogP contribution in [0.25, 0.3) is 0 Å². The number of hydrogen-bond donors (Lipinski definition) is 2. The fourth-order valence-electron chi connectivity index (χ4n) is 0. The van der Waals surface area contributed by atoms with Crippen LogP contribution in [0, 0.1) is 71.0 Å². The third kappa shape index (κ3) is 4430000. The Hall–Kier alpha value is -0.0342. The first kappa shape index (κ1) is 72.3. The van der Waals surface area contributed by atoms with Crippen molar-refractivity contribution in [3.63, 3.8) is 0 Å². The van der Waals surface area contributed by atoms with E-state index in [2.05, 4.69) is 39.4 Å². The maximum atomic E-state index is 8.74. The Morgan fingerprint density at radius 1 is 0.600 bits per heavy atom. The van der Waals surface area contributed by atoms with Crippen molar-refractivity contribution in [3.8, 4) is 39.4 Å². The summed E-state index contributed by atoms with van der Waals surface area (Å²) in [6.45, 7) is 21.0. The van der Waals surface area contributed by atoms with Crippen molar-refractivity contribution in [2.24, 2.45) is 0 Å². The van der Waals surface area contributed by atoms with Gasteiger partial charge in [0.05, 0.1) is 0 Å². The third-order valence-electron chi connectivity index (χ3n) is 0. The summed E-state index contributed by atoms with van der Waals surface area (Å²) in [5, 5.41) is 39.0. The number of nitrogens with zero attached hydrogens (tertiary/aromatic N) is 6. The molecule has 0 spiro atoms. The van der Waals surface area contributed by atoms with Crippen LogP contribution < -0.4 is 0 Å². The number of hydrogen-bond acceptors (Lipinski definition) is 8. The molecule has 0 aliphatic carbocycles. The van der Waals surface area contributed by atoms with E-state index in [0.29, 0.717) is 0 Å². The predicted molar refractivity (Wildman–Crippen MR) is 68.5 cm³/mol. The number of nitriles is 6. The summed E-state index contributed by atoms with van der Waals surface area (Å²) in [5.74, 6) is 0. The zero-order valence-electron chi connectivity index (χ0n) is 8.62. The van der Waals surface area contributed by atoms with Crippen LogP contribution in [0.4, 0.5) is 0 Å². The first-order chi connectivity index (χ1) is 8.00. The van der Waals surface area contributed by atoms with Crippen molar-refractivity contribution in [1.82, 2.24) is 0 Å². The molecule has 0 fully saturated rings. The van der Waals surface area contributed by atoms with Gasteiger partial charge in [-0.2, -0.15) is 8.42 Å². The molecule has 0 rings (SSSR count). The van der Waals surface area contributed by atoms with Gasteiger partial charge < -0.3 is 0 Å². The van der Waals surface area contributed by atoms with E-state index in [-0.39, 0.29) is 98.0 Å². The van der Waals surface area contributed by atoms with Crippen molar-refractivity contribution < 1.29 is 34.6 Å². The third-order valence-corrected chi connectivity index (χ3v) is 0. The Morgan fingerprint density at radius 2 is 0.600 bits per heavy atom. The summed E-state index contributed by atoms with van der Waals surface area (Å²) in [4.78, 5) is 0. The van der Waals surface area contributed by atoms with Crippen LogP contribution in [0.1, 0.15) is 0 Å². The van der Waals surface area contributed by atoms with Crippen LogP contribution >= 0.6 is 0 Å². The van der Waals surface area contributed by atoms with Crippen LogP contribution in [-0.2, 0) is 27.5 Å². The SMILES string of the molecule is C#N.C#N.C#N.C#N.C#N.C#N.O=S(=O)(O)O.[Fe].[KH].[NaH]. The van der Waals surface area contributed by atoms with E-state index in [1.54, 1.807) is 0 Å². The Bertz CT molecular complexity index is 271. The van der Waals surface area contributed by atoms with Gasteiger partial charge in [0.2, 0.25) is 0 Å². The average molecular weight is 380 g/mol. The van der Waals surface area contributed by atoms with E-state index in [9.17, 15) is 0 Å². The normalized spacial score (nSPS) is 3.50. The molecule has 0 saturated heterocycles. The molecule has 0 amide bonds. The molecule has 0 radical (unpaired) electrons. The first-order valence-electron chi connectivity index (χ1n) is 2.25. The second-order valence-electron chi connectivity index (χ2n) is 0.448. The van der Waals surface area contributed by atoms with Gasteiger partial charge in [0, 0.05) is 56.5 Å². The van der Waals surface area contributed by atoms with E-state index < -0.39 is 10.4 Å². The van der Waals surface area contributed by atoms with Gasteiger partial charge in [0.1, 0.15) is 0 Å². The topological polar surface area (TPSA) is 217 Å². The molecular weight excluding hydrogens is 370 g/mol. The Kier molecular flexibility index (Phi) is 622. The molecule has 0 bridgehead atoms. The molecule has 0 aliphatic rings. The molecule has 14 heteroatoms. The fraction of sp³-hybridized carbons (Fsp3) is 0. The fourth-order valence-corrected chi connectivity index (χ4v) is 0. The van der Waals surface area contributed by atoms with Crippen LogP contribution in [0.3, 0.4) is 0 Å². The second-order valence-corrected chi connectivity index (χ2v) is 1.34. The van der Waals surface area contributed by atoms with Gasteiger partial charge in [-0.05, 0) is 0 Å². The summed E-state index contributed by atoms with van der Waals surface area (Å²) >= 11 is 0. The zero-order valence-corrected chi connectivity index (χ0v) is 10.5. The van der Waals surface area contributed by atoms with E-state index in [1.807, 2.05) is 0 Å². The van der Waals surface area contributed by atoms with Crippen LogP contribution in [0.15, 0.2) is 0 Å². The Balaban J connectivity index is -0.00000000750. The molecule has 0 unspecified atom stereocenters. The molecule has 0 aromatic heterocycles. The van der Waals surface area contributed by atoms with Gasteiger partial charge in [0.25, 0.3) is 0 Å². The van der Waals surface area contributed by atoms with Crippen molar-refractivity contribution in [2.45, 2.75) is 0 Å². The molecule has 0 aliphatic heterocycles. The molecule has 0 aromatic rings. The van der Waals surface area contributed by atoms with E-state index >= 15 is 0 Å². The second kappa shape index (κ2) is 172. The van der Waals surface area contributed by atoms with Gasteiger partial charge in [0.15, 0.2) is 0 Å².